The van der Waals surface area contributed by atoms with Gasteiger partial charge in [0.15, 0.2) is 0 Å². The molecule has 3 N–H and O–H groups in total. The van der Waals surface area contributed by atoms with Crippen LogP contribution in [0.1, 0.15) is 24.3 Å². The maximum absolute atomic E-state index is 11.9. The highest BCUT2D eigenvalue weighted by Gasteiger charge is 2.21. The van der Waals surface area contributed by atoms with E-state index in [2.05, 4.69) is 5.32 Å². The second-order valence-corrected chi connectivity index (χ2v) is 3.84. The number of hydrogen-bond acceptors (Lipinski definition) is 3. The molecule has 1 unspecified atom stereocenters. The van der Waals surface area contributed by atoms with Gasteiger partial charge < -0.3 is 15.8 Å². The van der Waals surface area contributed by atoms with E-state index >= 15 is 0 Å². The minimum Gasteiger partial charge on any atom is -0.496 e. The average molecular weight is 236 g/mol. The molecule has 4 heteroatoms. The molecule has 0 heterocycles. The Morgan fingerprint density at radius 2 is 2.18 bits per heavy atom. The van der Waals surface area contributed by atoms with E-state index in [0.29, 0.717) is 6.54 Å². The number of methoxy groups -OCH3 is 1. The number of para-hydroxylation sites is 1. The van der Waals surface area contributed by atoms with Gasteiger partial charge in [0.05, 0.1) is 13.0 Å². The van der Waals surface area contributed by atoms with Crippen molar-refractivity contribution < 1.29 is 9.53 Å². The molecule has 0 fully saturated rings. The van der Waals surface area contributed by atoms with Crippen LogP contribution in [0.25, 0.3) is 0 Å². The van der Waals surface area contributed by atoms with Crippen LogP contribution in [0.3, 0.4) is 0 Å². The number of carbonyl (C=O) groups excluding carboxylic acids is 1. The Hall–Kier alpha value is -1.55. The molecule has 0 radical (unpaired) electrons. The Balaban J connectivity index is 2.98. The van der Waals surface area contributed by atoms with Crippen molar-refractivity contribution in [2.75, 3.05) is 20.7 Å². The van der Waals surface area contributed by atoms with Crippen molar-refractivity contribution in [3.8, 4) is 5.75 Å². The molecule has 0 aromatic heterocycles. The quantitative estimate of drug-likeness (QED) is 0.781. The molecule has 4 nitrogen and oxygen atoms in total. The lowest BCUT2D eigenvalue weighted by atomic mass is 9.92. The number of nitrogens with one attached hydrogen (secondary N) is 1. The van der Waals surface area contributed by atoms with E-state index in [-0.39, 0.29) is 11.8 Å². The first kappa shape index (κ1) is 13.5. The predicted molar refractivity (Wildman–Crippen MR) is 68.1 cm³/mol. The molecule has 0 saturated heterocycles. The van der Waals surface area contributed by atoms with Crippen LogP contribution in [0.5, 0.6) is 5.75 Å². The van der Waals surface area contributed by atoms with Crippen LogP contribution in [-0.4, -0.2) is 26.6 Å². The predicted octanol–water partition coefficient (Wildman–Crippen LogP) is 1.26. The fourth-order valence-electron chi connectivity index (χ4n) is 1.88. The Kier molecular flexibility index (Phi) is 5.49. The van der Waals surface area contributed by atoms with E-state index in [0.717, 1.165) is 24.2 Å². The molecular weight excluding hydrogens is 216 g/mol. The van der Waals surface area contributed by atoms with Crippen LogP contribution in [-0.2, 0) is 4.79 Å². The number of carbonyl (C=O) groups is 1. The second-order valence-electron chi connectivity index (χ2n) is 3.84. The summed E-state index contributed by atoms with van der Waals surface area (Å²) in [6, 6.07) is 7.60. The number of likely N-dealkylation sites (N-methyl/N-ethyl adjacent to an activating group) is 1. The van der Waals surface area contributed by atoms with Crippen molar-refractivity contribution in [1.82, 2.24) is 5.32 Å². The van der Waals surface area contributed by atoms with Crippen molar-refractivity contribution >= 4 is 5.91 Å². The SMILES string of the molecule is CNC(=O)C(CCCN)c1ccccc1OC. The van der Waals surface area contributed by atoms with Gasteiger partial charge >= 0.3 is 0 Å². The van der Waals surface area contributed by atoms with E-state index in [9.17, 15) is 4.79 Å². The van der Waals surface area contributed by atoms with Crippen molar-refractivity contribution in [2.45, 2.75) is 18.8 Å². The summed E-state index contributed by atoms with van der Waals surface area (Å²) in [5.74, 6) is 0.556. The van der Waals surface area contributed by atoms with Crippen molar-refractivity contribution in [3.05, 3.63) is 29.8 Å². The highest BCUT2D eigenvalue weighted by Crippen LogP contribution is 2.29. The molecule has 1 amide bonds. The zero-order valence-electron chi connectivity index (χ0n) is 10.4. The van der Waals surface area contributed by atoms with Crippen LogP contribution < -0.4 is 15.8 Å². The summed E-state index contributed by atoms with van der Waals surface area (Å²) in [7, 11) is 3.26. The molecule has 1 aromatic rings. The van der Waals surface area contributed by atoms with Gasteiger partial charge in [-0.1, -0.05) is 18.2 Å². The number of benzene rings is 1. The number of rotatable bonds is 6. The number of nitrogens with two attached hydrogens (primary N) is 1. The third-order valence-corrected chi connectivity index (χ3v) is 2.77. The van der Waals surface area contributed by atoms with Crippen LogP contribution >= 0.6 is 0 Å². The summed E-state index contributed by atoms with van der Waals surface area (Å²) in [6.07, 6.45) is 1.55. The lowest BCUT2D eigenvalue weighted by Gasteiger charge is -2.18. The molecule has 0 aliphatic heterocycles. The minimum absolute atomic E-state index is 0.00273. The zero-order valence-corrected chi connectivity index (χ0v) is 10.4. The maximum atomic E-state index is 11.9. The van der Waals surface area contributed by atoms with Gasteiger partial charge in [0, 0.05) is 12.6 Å². The van der Waals surface area contributed by atoms with Gasteiger partial charge in [0.25, 0.3) is 0 Å². The first-order chi connectivity index (χ1) is 8.24. The lowest BCUT2D eigenvalue weighted by Crippen LogP contribution is -2.26. The van der Waals surface area contributed by atoms with E-state index < -0.39 is 0 Å². The second kappa shape index (κ2) is 6.91. The summed E-state index contributed by atoms with van der Waals surface area (Å²) in [4.78, 5) is 11.9. The van der Waals surface area contributed by atoms with Crippen LogP contribution in [0.2, 0.25) is 0 Å². The van der Waals surface area contributed by atoms with Crippen LogP contribution in [0.4, 0.5) is 0 Å². The van der Waals surface area contributed by atoms with Gasteiger partial charge in [-0.15, -0.1) is 0 Å². The monoisotopic (exact) mass is 236 g/mol. The fourth-order valence-corrected chi connectivity index (χ4v) is 1.88. The minimum atomic E-state index is -0.195. The van der Waals surface area contributed by atoms with Crippen molar-refractivity contribution in [3.63, 3.8) is 0 Å². The molecule has 17 heavy (non-hydrogen) atoms. The Bertz CT molecular complexity index is 366. The van der Waals surface area contributed by atoms with E-state index in [4.69, 9.17) is 10.5 Å². The zero-order chi connectivity index (χ0) is 12.7. The Morgan fingerprint density at radius 1 is 1.47 bits per heavy atom. The van der Waals surface area contributed by atoms with E-state index in [1.54, 1.807) is 14.2 Å². The Labute approximate surface area is 102 Å². The van der Waals surface area contributed by atoms with Gasteiger partial charge in [-0.2, -0.15) is 0 Å². The molecular formula is C13H20N2O2. The number of ether oxygens (including phenoxy) is 1. The highest BCUT2D eigenvalue weighted by molar-refractivity contribution is 5.84. The third-order valence-electron chi connectivity index (χ3n) is 2.77. The molecule has 1 rings (SSSR count). The summed E-state index contributed by atoms with van der Waals surface area (Å²) in [6.45, 7) is 0.586. The molecule has 94 valence electrons. The molecule has 0 spiro atoms. The van der Waals surface area contributed by atoms with Gasteiger partial charge in [-0.05, 0) is 25.5 Å². The van der Waals surface area contributed by atoms with E-state index in [1.165, 1.54) is 0 Å². The average Bonchev–Trinajstić information content (AvgIpc) is 2.39. The lowest BCUT2D eigenvalue weighted by molar-refractivity contribution is -0.122. The largest absolute Gasteiger partial charge is 0.496 e. The molecule has 0 aliphatic rings. The van der Waals surface area contributed by atoms with Gasteiger partial charge in [0.2, 0.25) is 5.91 Å². The smallest absolute Gasteiger partial charge is 0.227 e. The first-order valence-electron chi connectivity index (χ1n) is 5.79. The van der Waals surface area contributed by atoms with Gasteiger partial charge in [0.1, 0.15) is 5.75 Å². The highest BCUT2D eigenvalue weighted by atomic mass is 16.5. The van der Waals surface area contributed by atoms with Crippen LogP contribution in [0, 0.1) is 0 Å². The first-order valence-corrected chi connectivity index (χ1v) is 5.79. The fraction of sp³-hybridized carbons (Fsp3) is 0.462. The molecule has 0 bridgehead atoms. The van der Waals surface area contributed by atoms with Crippen LogP contribution in [0.15, 0.2) is 24.3 Å². The molecule has 1 atom stereocenters. The number of hydrogen-bond donors (Lipinski definition) is 2. The summed E-state index contributed by atoms with van der Waals surface area (Å²) in [5.41, 5.74) is 6.42. The standard InChI is InChI=1S/C13H20N2O2/c1-15-13(16)11(7-5-9-14)10-6-3-4-8-12(10)17-2/h3-4,6,8,11H,5,7,9,14H2,1-2H3,(H,15,16). The van der Waals surface area contributed by atoms with Gasteiger partial charge in [-0.3, -0.25) is 4.79 Å². The van der Waals surface area contributed by atoms with Gasteiger partial charge in [-0.25, -0.2) is 0 Å². The normalized spacial score (nSPS) is 11.9. The molecule has 0 saturated carbocycles. The maximum Gasteiger partial charge on any atom is 0.227 e. The summed E-state index contributed by atoms with van der Waals surface area (Å²) < 4.78 is 5.29. The Morgan fingerprint density at radius 3 is 2.76 bits per heavy atom. The topological polar surface area (TPSA) is 64.4 Å². The van der Waals surface area contributed by atoms with Crippen molar-refractivity contribution in [2.24, 2.45) is 5.73 Å². The van der Waals surface area contributed by atoms with E-state index in [1.807, 2.05) is 24.3 Å². The number of amides is 1. The summed E-state index contributed by atoms with van der Waals surface area (Å²) in [5, 5.41) is 2.69. The third kappa shape index (κ3) is 3.46. The molecule has 1 aromatic carbocycles. The van der Waals surface area contributed by atoms with Crippen molar-refractivity contribution in [1.29, 1.82) is 0 Å². The molecule has 0 aliphatic carbocycles. The summed E-state index contributed by atoms with van der Waals surface area (Å²) >= 11 is 0.